The van der Waals surface area contributed by atoms with Gasteiger partial charge in [0.25, 0.3) is 0 Å². The Labute approximate surface area is 127 Å². The van der Waals surface area contributed by atoms with Gasteiger partial charge in [0.2, 0.25) is 0 Å². The number of hydrogen-bond donors (Lipinski definition) is 1. The topological polar surface area (TPSA) is 50.7 Å². The van der Waals surface area contributed by atoms with Crippen LogP contribution in [0.3, 0.4) is 0 Å². The van der Waals surface area contributed by atoms with E-state index in [1.807, 2.05) is 18.2 Å². The van der Waals surface area contributed by atoms with Crippen molar-refractivity contribution < 1.29 is 0 Å². The van der Waals surface area contributed by atoms with E-state index in [9.17, 15) is 0 Å². The number of rotatable bonds is 2. The Morgan fingerprint density at radius 2 is 1.90 bits per heavy atom. The largest absolute Gasteiger partial charge is 0.362 e. The molecule has 4 rings (SSSR count). The van der Waals surface area contributed by atoms with Gasteiger partial charge in [-0.25, -0.2) is 9.97 Å². The first-order valence-electron chi connectivity index (χ1n) is 6.87. The second-order valence-corrected chi connectivity index (χ2v) is 5.70. The molecule has 0 amide bonds. The number of nitrogens with one attached hydrogen (secondary N) is 1. The van der Waals surface area contributed by atoms with E-state index in [1.54, 1.807) is 12.4 Å². The van der Waals surface area contributed by atoms with Gasteiger partial charge in [0.15, 0.2) is 5.65 Å². The zero-order valence-electron chi connectivity index (χ0n) is 11.2. The van der Waals surface area contributed by atoms with E-state index < -0.39 is 0 Å². The number of aromatic nitrogens is 3. The third-order valence-electron chi connectivity index (χ3n) is 3.80. The van der Waals surface area contributed by atoms with Crippen molar-refractivity contribution in [2.24, 2.45) is 0 Å². The van der Waals surface area contributed by atoms with Gasteiger partial charge >= 0.3 is 0 Å². The molecule has 0 spiro atoms. The summed E-state index contributed by atoms with van der Waals surface area (Å²) in [5.41, 5.74) is 3.98. The third-order valence-corrected chi connectivity index (χ3v) is 4.21. The van der Waals surface area contributed by atoms with Gasteiger partial charge < -0.3 is 5.32 Å². The van der Waals surface area contributed by atoms with Crippen molar-refractivity contribution in [3.05, 3.63) is 59.9 Å². The second kappa shape index (κ2) is 4.97. The third kappa shape index (κ3) is 2.21. The molecule has 3 aromatic rings. The van der Waals surface area contributed by atoms with Crippen LogP contribution in [-0.2, 0) is 6.42 Å². The maximum atomic E-state index is 6.49. The summed E-state index contributed by atoms with van der Waals surface area (Å²) in [6.45, 7) is 0. The number of alkyl halides is 1. The van der Waals surface area contributed by atoms with Gasteiger partial charge in [-0.15, -0.1) is 11.6 Å². The molecule has 0 saturated carbocycles. The summed E-state index contributed by atoms with van der Waals surface area (Å²) >= 11 is 6.49. The summed E-state index contributed by atoms with van der Waals surface area (Å²) in [6.07, 6.45) is 4.19. The Hall–Kier alpha value is -2.20. The number of halogens is 1. The summed E-state index contributed by atoms with van der Waals surface area (Å²) in [5.74, 6) is 0.773. The summed E-state index contributed by atoms with van der Waals surface area (Å²) in [4.78, 5) is 13.0. The van der Waals surface area contributed by atoms with Gasteiger partial charge in [-0.3, -0.25) is 4.98 Å². The number of benzene rings is 1. The van der Waals surface area contributed by atoms with Crippen molar-refractivity contribution in [1.82, 2.24) is 15.0 Å². The molecule has 21 heavy (non-hydrogen) atoms. The molecule has 0 aliphatic heterocycles. The molecule has 1 aromatic carbocycles. The molecule has 1 aliphatic rings. The van der Waals surface area contributed by atoms with Crippen LogP contribution in [0.15, 0.2) is 48.8 Å². The molecule has 2 atom stereocenters. The first-order chi connectivity index (χ1) is 10.3. The SMILES string of the molecule is ClC1Cc2ccccc2C1Nc1ccc2nccnc2n1. The first kappa shape index (κ1) is 12.5. The highest BCUT2D eigenvalue weighted by Gasteiger charge is 2.30. The highest BCUT2D eigenvalue weighted by Crippen LogP contribution is 2.36. The van der Waals surface area contributed by atoms with E-state index in [1.165, 1.54) is 11.1 Å². The lowest BCUT2D eigenvalue weighted by Gasteiger charge is -2.18. The highest BCUT2D eigenvalue weighted by molar-refractivity contribution is 6.21. The van der Waals surface area contributed by atoms with Crippen molar-refractivity contribution in [2.75, 3.05) is 5.32 Å². The Morgan fingerprint density at radius 3 is 2.86 bits per heavy atom. The quantitative estimate of drug-likeness (QED) is 0.737. The maximum absolute atomic E-state index is 6.49. The van der Waals surface area contributed by atoms with Crippen LogP contribution in [0.2, 0.25) is 0 Å². The van der Waals surface area contributed by atoms with E-state index in [0.717, 1.165) is 17.8 Å². The van der Waals surface area contributed by atoms with Crippen molar-refractivity contribution in [3.63, 3.8) is 0 Å². The lowest BCUT2D eigenvalue weighted by atomic mass is 10.1. The van der Waals surface area contributed by atoms with Crippen molar-refractivity contribution in [3.8, 4) is 0 Å². The Kier molecular flexibility index (Phi) is 2.97. The molecule has 2 aromatic heterocycles. The molecule has 4 nitrogen and oxygen atoms in total. The molecule has 2 heterocycles. The molecule has 5 heteroatoms. The second-order valence-electron chi connectivity index (χ2n) is 5.14. The van der Waals surface area contributed by atoms with E-state index in [-0.39, 0.29) is 11.4 Å². The number of hydrogen-bond acceptors (Lipinski definition) is 4. The first-order valence-corrected chi connectivity index (χ1v) is 7.31. The van der Waals surface area contributed by atoms with Crippen LogP contribution in [0.4, 0.5) is 5.82 Å². The van der Waals surface area contributed by atoms with Crippen LogP contribution in [0, 0.1) is 0 Å². The minimum Gasteiger partial charge on any atom is -0.362 e. The zero-order valence-corrected chi connectivity index (χ0v) is 12.0. The van der Waals surface area contributed by atoms with Gasteiger partial charge in [0.1, 0.15) is 11.3 Å². The fraction of sp³-hybridized carbons (Fsp3) is 0.188. The monoisotopic (exact) mass is 296 g/mol. The van der Waals surface area contributed by atoms with Crippen LogP contribution < -0.4 is 5.32 Å². The van der Waals surface area contributed by atoms with Crippen LogP contribution in [0.25, 0.3) is 11.2 Å². The lowest BCUT2D eigenvalue weighted by Crippen LogP contribution is -2.17. The molecule has 0 bridgehead atoms. The summed E-state index contributed by atoms with van der Waals surface area (Å²) < 4.78 is 0. The fourth-order valence-corrected chi connectivity index (χ4v) is 3.17. The van der Waals surface area contributed by atoms with Crippen molar-refractivity contribution in [2.45, 2.75) is 17.8 Å². The summed E-state index contributed by atoms with van der Waals surface area (Å²) in [6, 6.07) is 12.3. The lowest BCUT2D eigenvalue weighted by molar-refractivity contribution is 0.767. The fourth-order valence-electron chi connectivity index (χ4n) is 2.81. The Balaban J connectivity index is 1.68. The average molecular weight is 297 g/mol. The van der Waals surface area contributed by atoms with Gasteiger partial charge in [0, 0.05) is 12.4 Å². The molecule has 0 radical (unpaired) electrons. The molecule has 1 aliphatic carbocycles. The Morgan fingerprint density at radius 1 is 1.05 bits per heavy atom. The van der Waals surface area contributed by atoms with E-state index >= 15 is 0 Å². The predicted octanol–water partition coefficient (Wildman–Crippen LogP) is 3.34. The predicted molar refractivity (Wildman–Crippen MR) is 83.5 cm³/mol. The number of nitrogens with zero attached hydrogens (tertiary/aromatic N) is 3. The van der Waals surface area contributed by atoms with Gasteiger partial charge in [-0.2, -0.15) is 0 Å². The van der Waals surface area contributed by atoms with Crippen LogP contribution in [0.1, 0.15) is 17.2 Å². The minimum atomic E-state index is 0.0294. The number of pyridine rings is 1. The number of anilines is 1. The molecule has 2 unspecified atom stereocenters. The summed E-state index contributed by atoms with van der Waals surface area (Å²) in [5, 5.41) is 3.46. The van der Waals surface area contributed by atoms with E-state index in [4.69, 9.17) is 11.6 Å². The smallest absolute Gasteiger partial charge is 0.180 e. The van der Waals surface area contributed by atoms with Crippen LogP contribution >= 0.6 is 11.6 Å². The van der Waals surface area contributed by atoms with Gasteiger partial charge in [0.05, 0.1) is 11.4 Å². The van der Waals surface area contributed by atoms with Crippen LogP contribution in [0.5, 0.6) is 0 Å². The average Bonchev–Trinajstić information content (AvgIpc) is 2.83. The Bertz CT molecular complexity index is 805. The minimum absolute atomic E-state index is 0.0294. The summed E-state index contributed by atoms with van der Waals surface area (Å²) in [7, 11) is 0. The molecular formula is C16H13ClN4. The highest BCUT2D eigenvalue weighted by atomic mass is 35.5. The van der Waals surface area contributed by atoms with Crippen LogP contribution in [-0.4, -0.2) is 20.3 Å². The zero-order chi connectivity index (χ0) is 14.2. The molecule has 0 fully saturated rings. The normalized spacial score (nSPS) is 20.4. The molecular weight excluding hydrogens is 284 g/mol. The van der Waals surface area contributed by atoms with E-state index in [0.29, 0.717) is 5.65 Å². The molecule has 104 valence electrons. The molecule has 0 saturated heterocycles. The van der Waals surface area contributed by atoms with Gasteiger partial charge in [-0.1, -0.05) is 24.3 Å². The maximum Gasteiger partial charge on any atom is 0.180 e. The van der Waals surface area contributed by atoms with Gasteiger partial charge in [-0.05, 0) is 29.7 Å². The van der Waals surface area contributed by atoms with E-state index in [2.05, 4.69) is 38.5 Å². The molecule has 1 N–H and O–H groups in total. The van der Waals surface area contributed by atoms with Crippen molar-refractivity contribution >= 4 is 28.6 Å². The standard InChI is InChI=1S/C16H13ClN4/c17-12-9-10-3-1-2-4-11(10)15(12)20-14-6-5-13-16(21-14)19-8-7-18-13/h1-8,12,15H,9H2,(H,19,20,21). The van der Waals surface area contributed by atoms with Crippen molar-refractivity contribution in [1.29, 1.82) is 0 Å². The number of fused-ring (bicyclic) bond motifs is 2.